The Labute approximate surface area is 127 Å². The van der Waals surface area contributed by atoms with Crippen molar-refractivity contribution in [3.05, 3.63) is 47.2 Å². The van der Waals surface area contributed by atoms with Crippen LogP contribution in [0.5, 0.6) is 0 Å². The van der Waals surface area contributed by atoms with Gasteiger partial charge in [0, 0.05) is 13.2 Å². The second kappa shape index (κ2) is 6.28. The van der Waals surface area contributed by atoms with Crippen LogP contribution in [0.25, 0.3) is 5.69 Å². The van der Waals surface area contributed by atoms with Gasteiger partial charge in [-0.2, -0.15) is 5.10 Å². The molecule has 3 rings (SSSR count). The fourth-order valence-corrected chi connectivity index (χ4v) is 2.62. The zero-order valence-electron chi connectivity index (χ0n) is 11.5. The number of nitrogens with one attached hydrogen (secondary N) is 1. The topological polar surface area (TPSA) is 56.1 Å². The van der Waals surface area contributed by atoms with Crippen molar-refractivity contribution < 1.29 is 9.53 Å². The van der Waals surface area contributed by atoms with Crippen molar-refractivity contribution in [1.82, 2.24) is 15.1 Å². The van der Waals surface area contributed by atoms with Crippen LogP contribution in [0, 0.1) is 0 Å². The van der Waals surface area contributed by atoms with Crippen molar-refractivity contribution >= 4 is 17.5 Å². The largest absolute Gasteiger partial charge is 0.376 e. The molecule has 1 amide bonds. The molecule has 1 aliphatic rings. The van der Waals surface area contributed by atoms with Crippen molar-refractivity contribution in [3.8, 4) is 5.69 Å². The number of carbonyl (C=O) groups excluding carboxylic acids is 1. The normalized spacial score (nSPS) is 17.9. The van der Waals surface area contributed by atoms with Gasteiger partial charge in [0.05, 0.1) is 23.6 Å². The van der Waals surface area contributed by atoms with E-state index in [2.05, 4.69) is 10.4 Å². The average Bonchev–Trinajstić information content (AvgIpc) is 3.15. The molecule has 1 fully saturated rings. The minimum absolute atomic E-state index is 0.108. The van der Waals surface area contributed by atoms with E-state index in [1.165, 1.54) is 6.20 Å². The molecule has 110 valence electrons. The predicted molar refractivity (Wildman–Crippen MR) is 79.9 cm³/mol. The lowest BCUT2D eigenvalue weighted by Gasteiger charge is -2.10. The molecule has 0 saturated carbocycles. The molecule has 1 aromatic carbocycles. The first-order chi connectivity index (χ1) is 10.3. The highest BCUT2D eigenvalue weighted by Crippen LogP contribution is 2.20. The number of amides is 1. The Hall–Kier alpha value is -1.85. The van der Waals surface area contributed by atoms with E-state index in [-0.39, 0.29) is 12.0 Å². The van der Waals surface area contributed by atoms with Gasteiger partial charge in [0.1, 0.15) is 5.15 Å². The summed E-state index contributed by atoms with van der Waals surface area (Å²) in [5, 5.41) is 7.34. The molecule has 0 bridgehead atoms. The molecule has 1 N–H and O–H groups in total. The minimum atomic E-state index is -0.224. The Morgan fingerprint density at radius 1 is 1.43 bits per heavy atom. The Balaban J connectivity index is 1.71. The van der Waals surface area contributed by atoms with E-state index in [9.17, 15) is 4.79 Å². The monoisotopic (exact) mass is 305 g/mol. The molecule has 1 atom stereocenters. The number of aromatic nitrogens is 2. The zero-order chi connectivity index (χ0) is 14.7. The first-order valence-corrected chi connectivity index (χ1v) is 7.32. The van der Waals surface area contributed by atoms with Gasteiger partial charge >= 0.3 is 0 Å². The van der Waals surface area contributed by atoms with Crippen LogP contribution in [-0.2, 0) is 4.74 Å². The minimum Gasteiger partial charge on any atom is -0.376 e. The van der Waals surface area contributed by atoms with Crippen LogP contribution >= 0.6 is 11.6 Å². The van der Waals surface area contributed by atoms with E-state index in [4.69, 9.17) is 16.3 Å². The summed E-state index contributed by atoms with van der Waals surface area (Å²) in [6.07, 6.45) is 3.63. The molecule has 21 heavy (non-hydrogen) atoms. The lowest BCUT2D eigenvalue weighted by molar-refractivity contribution is 0.0858. The summed E-state index contributed by atoms with van der Waals surface area (Å²) in [4.78, 5) is 12.2. The third-order valence-corrected chi connectivity index (χ3v) is 3.83. The SMILES string of the molecule is O=C(NC[C@H]1CCCO1)c1cnn(-c2ccccc2)c1Cl. The molecular weight excluding hydrogens is 290 g/mol. The molecule has 0 spiro atoms. The van der Waals surface area contributed by atoms with Crippen LogP contribution < -0.4 is 5.32 Å². The molecule has 1 saturated heterocycles. The van der Waals surface area contributed by atoms with Gasteiger partial charge in [0.15, 0.2) is 0 Å². The van der Waals surface area contributed by atoms with Crippen LogP contribution in [0.2, 0.25) is 5.15 Å². The summed E-state index contributed by atoms with van der Waals surface area (Å²) >= 11 is 6.26. The van der Waals surface area contributed by atoms with Gasteiger partial charge in [-0.05, 0) is 25.0 Å². The first kappa shape index (κ1) is 14.1. The standard InChI is InChI=1S/C15H16ClN3O2/c16-14-13(15(20)17-9-12-7-4-8-21-12)10-18-19(14)11-5-2-1-3-6-11/h1-3,5-6,10,12H,4,7-9H2,(H,17,20)/t12-/m1/s1. The summed E-state index contributed by atoms with van der Waals surface area (Å²) in [6.45, 7) is 1.28. The van der Waals surface area contributed by atoms with Crippen LogP contribution in [0.3, 0.4) is 0 Å². The zero-order valence-corrected chi connectivity index (χ0v) is 12.2. The smallest absolute Gasteiger partial charge is 0.256 e. The molecule has 0 radical (unpaired) electrons. The Kier molecular flexibility index (Phi) is 4.22. The van der Waals surface area contributed by atoms with Gasteiger partial charge in [-0.1, -0.05) is 29.8 Å². The summed E-state index contributed by atoms with van der Waals surface area (Å²) in [5.41, 5.74) is 1.19. The Morgan fingerprint density at radius 3 is 2.95 bits per heavy atom. The highest BCUT2D eigenvalue weighted by molar-refractivity contribution is 6.33. The molecule has 2 aromatic rings. The first-order valence-electron chi connectivity index (χ1n) is 6.94. The second-order valence-electron chi connectivity index (χ2n) is 4.94. The van der Waals surface area contributed by atoms with Crippen LogP contribution in [0.1, 0.15) is 23.2 Å². The van der Waals surface area contributed by atoms with Gasteiger partial charge in [-0.15, -0.1) is 0 Å². The molecule has 1 aromatic heterocycles. The van der Waals surface area contributed by atoms with Gasteiger partial charge < -0.3 is 10.1 Å². The number of benzene rings is 1. The highest BCUT2D eigenvalue weighted by atomic mass is 35.5. The van der Waals surface area contributed by atoms with Crippen LogP contribution in [-0.4, -0.2) is 34.9 Å². The fourth-order valence-electron chi connectivity index (χ4n) is 2.34. The highest BCUT2D eigenvalue weighted by Gasteiger charge is 2.20. The van der Waals surface area contributed by atoms with E-state index >= 15 is 0 Å². The van der Waals surface area contributed by atoms with Crippen molar-refractivity contribution in [2.24, 2.45) is 0 Å². The number of carbonyl (C=O) groups is 1. The number of hydrogen-bond donors (Lipinski definition) is 1. The van der Waals surface area contributed by atoms with E-state index in [1.807, 2.05) is 30.3 Å². The van der Waals surface area contributed by atoms with E-state index < -0.39 is 0 Å². The number of halogens is 1. The molecule has 5 nitrogen and oxygen atoms in total. The van der Waals surface area contributed by atoms with Gasteiger partial charge in [-0.3, -0.25) is 4.79 Å². The van der Waals surface area contributed by atoms with Gasteiger partial charge in [-0.25, -0.2) is 4.68 Å². The lowest BCUT2D eigenvalue weighted by Crippen LogP contribution is -2.31. The predicted octanol–water partition coefficient (Wildman–Crippen LogP) is 2.43. The number of ether oxygens (including phenoxy) is 1. The molecule has 6 heteroatoms. The van der Waals surface area contributed by atoms with Crippen molar-refractivity contribution in [2.75, 3.05) is 13.2 Å². The molecule has 0 unspecified atom stereocenters. The summed E-state index contributed by atoms with van der Waals surface area (Å²) in [5.74, 6) is -0.224. The number of rotatable bonds is 4. The lowest BCUT2D eigenvalue weighted by atomic mass is 10.2. The molecule has 0 aliphatic carbocycles. The van der Waals surface area contributed by atoms with Crippen molar-refractivity contribution in [2.45, 2.75) is 18.9 Å². The van der Waals surface area contributed by atoms with Crippen LogP contribution in [0.4, 0.5) is 0 Å². The van der Waals surface area contributed by atoms with E-state index in [0.29, 0.717) is 17.3 Å². The number of nitrogens with zero attached hydrogens (tertiary/aromatic N) is 2. The molecule has 2 heterocycles. The number of para-hydroxylation sites is 1. The van der Waals surface area contributed by atoms with E-state index in [0.717, 1.165) is 25.1 Å². The third-order valence-electron chi connectivity index (χ3n) is 3.47. The van der Waals surface area contributed by atoms with Crippen LogP contribution in [0.15, 0.2) is 36.5 Å². The summed E-state index contributed by atoms with van der Waals surface area (Å²) in [6, 6.07) is 9.46. The summed E-state index contributed by atoms with van der Waals surface area (Å²) in [7, 11) is 0. The maximum Gasteiger partial charge on any atom is 0.256 e. The van der Waals surface area contributed by atoms with Crippen molar-refractivity contribution in [1.29, 1.82) is 0 Å². The van der Waals surface area contributed by atoms with Gasteiger partial charge in [0.25, 0.3) is 5.91 Å². The quantitative estimate of drug-likeness (QED) is 0.944. The third kappa shape index (κ3) is 3.09. The maximum atomic E-state index is 12.2. The number of hydrogen-bond acceptors (Lipinski definition) is 3. The summed E-state index contributed by atoms with van der Waals surface area (Å²) < 4.78 is 7.02. The fraction of sp³-hybridized carbons (Fsp3) is 0.333. The average molecular weight is 306 g/mol. The maximum absolute atomic E-state index is 12.2. The van der Waals surface area contributed by atoms with Crippen molar-refractivity contribution in [3.63, 3.8) is 0 Å². The Bertz CT molecular complexity index is 621. The Morgan fingerprint density at radius 2 is 2.24 bits per heavy atom. The van der Waals surface area contributed by atoms with E-state index in [1.54, 1.807) is 4.68 Å². The molecule has 1 aliphatic heterocycles. The second-order valence-corrected chi connectivity index (χ2v) is 5.30. The van der Waals surface area contributed by atoms with Gasteiger partial charge in [0.2, 0.25) is 0 Å². The molecular formula is C15H16ClN3O2.